The van der Waals surface area contributed by atoms with Gasteiger partial charge in [0.2, 0.25) is 0 Å². The molecular weight excluding hydrogens is 400 g/mol. The lowest BCUT2D eigenvalue weighted by Crippen LogP contribution is -2.36. The monoisotopic (exact) mass is 420 g/mol. The van der Waals surface area contributed by atoms with E-state index < -0.39 is 23.6 Å². The van der Waals surface area contributed by atoms with Crippen molar-refractivity contribution in [1.82, 2.24) is 14.5 Å². The van der Waals surface area contributed by atoms with Gasteiger partial charge in [0, 0.05) is 36.7 Å². The zero-order valence-electron chi connectivity index (χ0n) is 15.9. The van der Waals surface area contributed by atoms with Crippen LogP contribution in [0.15, 0.2) is 67.3 Å². The fraction of sp³-hybridized carbons (Fsp3) is 0.238. The van der Waals surface area contributed by atoms with Crippen molar-refractivity contribution in [3.63, 3.8) is 0 Å². The summed E-state index contributed by atoms with van der Waals surface area (Å²) < 4.78 is 54.7. The molecule has 2 amide bonds. The topological polar surface area (TPSA) is 50.2 Å². The summed E-state index contributed by atoms with van der Waals surface area (Å²) in [6, 6.07) is 9.85. The second-order valence-corrected chi connectivity index (χ2v) is 6.68. The number of nitrogens with one attached hydrogen (secondary N) is 1. The zero-order valence-corrected chi connectivity index (χ0v) is 15.9. The number of urea groups is 1. The Labute approximate surface area is 171 Å². The van der Waals surface area contributed by atoms with Crippen LogP contribution in [0.2, 0.25) is 0 Å². The Morgan fingerprint density at radius 1 is 1.13 bits per heavy atom. The van der Waals surface area contributed by atoms with Gasteiger partial charge in [0.05, 0.1) is 18.4 Å². The molecule has 2 aromatic carbocycles. The molecule has 0 bridgehead atoms. The molecule has 1 heterocycles. The number of halogens is 4. The average molecular weight is 420 g/mol. The summed E-state index contributed by atoms with van der Waals surface area (Å²) >= 11 is 0. The van der Waals surface area contributed by atoms with Crippen LogP contribution in [0.3, 0.4) is 0 Å². The molecule has 0 spiro atoms. The number of carbonyl (C=O) groups excluding carboxylic acids is 1. The Bertz CT molecular complexity index is 973. The minimum Gasteiger partial charge on any atom is -0.337 e. The molecule has 0 saturated carbocycles. The van der Waals surface area contributed by atoms with Crippen LogP contribution in [0.25, 0.3) is 0 Å². The first-order valence-electron chi connectivity index (χ1n) is 9.25. The molecule has 0 atom stereocenters. The number of aromatic nitrogens is 2. The fourth-order valence-electron chi connectivity index (χ4n) is 2.92. The number of nitrogens with zero attached hydrogens (tertiary/aromatic N) is 3. The number of benzene rings is 2. The maximum Gasteiger partial charge on any atom is 0.416 e. The third-order valence-corrected chi connectivity index (χ3v) is 4.45. The predicted molar refractivity (Wildman–Crippen MR) is 104 cm³/mol. The maximum atomic E-state index is 14.1. The molecule has 3 aromatic rings. The highest BCUT2D eigenvalue weighted by atomic mass is 19.4. The first kappa shape index (κ1) is 21.4. The van der Waals surface area contributed by atoms with E-state index in [2.05, 4.69) is 10.3 Å². The molecule has 0 radical (unpaired) electrons. The summed E-state index contributed by atoms with van der Waals surface area (Å²) in [4.78, 5) is 18.1. The van der Waals surface area contributed by atoms with E-state index in [0.717, 1.165) is 12.1 Å². The number of carbonyl (C=O) groups is 1. The van der Waals surface area contributed by atoms with Crippen molar-refractivity contribution in [3.8, 4) is 0 Å². The maximum absolute atomic E-state index is 14.1. The van der Waals surface area contributed by atoms with Crippen molar-refractivity contribution in [2.75, 3.05) is 11.9 Å². The molecule has 9 heteroatoms. The Balaban J connectivity index is 1.72. The van der Waals surface area contributed by atoms with Crippen molar-refractivity contribution in [1.29, 1.82) is 0 Å². The quantitative estimate of drug-likeness (QED) is 0.537. The Morgan fingerprint density at radius 2 is 1.93 bits per heavy atom. The Hall–Kier alpha value is -3.36. The van der Waals surface area contributed by atoms with Gasteiger partial charge < -0.3 is 14.8 Å². The summed E-state index contributed by atoms with van der Waals surface area (Å²) in [7, 11) is 0. The van der Waals surface area contributed by atoms with Gasteiger partial charge in [0.1, 0.15) is 5.82 Å². The van der Waals surface area contributed by atoms with E-state index in [1.54, 1.807) is 36.9 Å². The van der Waals surface area contributed by atoms with E-state index >= 15 is 0 Å². The third-order valence-electron chi connectivity index (χ3n) is 4.45. The van der Waals surface area contributed by atoms with Crippen LogP contribution >= 0.6 is 0 Å². The first-order valence-corrected chi connectivity index (χ1v) is 9.25. The minimum absolute atomic E-state index is 0.0125. The van der Waals surface area contributed by atoms with Crippen LogP contribution in [0.5, 0.6) is 0 Å². The largest absolute Gasteiger partial charge is 0.416 e. The van der Waals surface area contributed by atoms with E-state index in [-0.39, 0.29) is 18.8 Å². The highest BCUT2D eigenvalue weighted by molar-refractivity contribution is 5.89. The zero-order chi connectivity index (χ0) is 21.6. The number of amides is 2. The van der Waals surface area contributed by atoms with E-state index in [9.17, 15) is 22.4 Å². The van der Waals surface area contributed by atoms with Gasteiger partial charge in [-0.05, 0) is 30.7 Å². The van der Waals surface area contributed by atoms with Gasteiger partial charge in [0.15, 0.2) is 0 Å². The molecule has 1 N–H and O–H groups in total. The standard InChI is InChI=1S/C21H20F4N4O/c22-19-8-2-1-5-16(19)14-29(11-4-10-28-12-9-26-15-28)20(30)27-18-7-3-6-17(13-18)21(23,24)25/h1-3,5-9,12-13,15H,4,10-11,14H2,(H,27,30). The van der Waals surface area contributed by atoms with Crippen LogP contribution in [-0.2, 0) is 19.3 Å². The summed E-state index contributed by atoms with van der Waals surface area (Å²) in [5, 5.41) is 2.48. The van der Waals surface area contributed by atoms with Crippen molar-refractivity contribution in [2.24, 2.45) is 0 Å². The second kappa shape index (κ2) is 9.43. The summed E-state index contributed by atoms with van der Waals surface area (Å²) in [6.07, 6.45) is 1.10. The molecule has 3 rings (SSSR count). The van der Waals surface area contributed by atoms with Gasteiger partial charge in [-0.15, -0.1) is 0 Å². The van der Waals surface area contributed by atoms with Gasteiger partial charge in [0.25, 0.3) is 0 Å². The second-order valence-electron chi connectivity index (χ2n) is 6.68. The SMILES string of the molecule is O=C(Nc1cccc(C(F)(F)F)c1)N(CCCn1ccnc1)Cc1ccccc1F. The van der Waals surface area contributed by atoms with Gasteiger partial charge in [-0.3, -0.25) is 0 Å². The average Bonchev–Trinajstić information content (AvgIpc) is 3.22. The van der Waals surface area contributed by atoms with Gasteiger partial charge >= 0.3 is 12.2 Å². The van der Waals surface area contributed by atoms with Crippen LogP contribution in [0, 0.1) is 5.82 Å². The van der Waals surface area contributed by atoms with Crippen LogP contribution in [0.4, 0.5) is 28.0 Å². The molecule has 0 fully saturated rings. The number of aryl methyl sites for hydroxylation is 1. The lowest BCUT2D eigenvalue weighted by atomic mass is 10.2. The number of alkyl halides is 3. The number of hydrogen-bond donors (Lipinski definition) is 1. The molecule has 30 heavy (non-hydrogen) atoms. The molecule has 0 saturated heterocycles. The highest BCUT2D eigenvalue weighted by Crippen LogP contribution is 2.30. The molecule has 158 valence electrons. The summed E-state index contributed by atoms with van der Waals surface area (Å²) in [5.41, 5.74) is -0.525. The molecule has 5 nitrogen and oxygen atoms in total. The van der Waals surface area contributed by atoms with Crippen LogP contribution in [-0.4, -0.2) is 27.0 Å². The Morgan fingerprint density at radius 3 is 2.63 bits per heavy atom. The molecule has 0 aliphatic rings. The highest BCUT2D eigenvalue weighted by Gasteiger charge is 2.30. The van der Waals surface area contributed by atoms with Gasteiger partial charge in [-0.1, -0.05) is 24.3 Å². The van der Waals surface area contributed by atoms with Gasteiger partial charge in [-0.25, -0.2) is 14.2 Å². The van der Waals surface area contributed by atoms with Crippen molar-refractivity contribution in [2.45, 2.75) is 25.7 Å². The molecular formula is C21H20F4N4O. The van der Waals surface area contributed by atoms with E-state index in [0.29, 0.717) is 18.5 Å². The Kier molecular flexibility index (Phi) is 6.71. The first-order chi connectivity index (χ1) is 14.3. The van der Waals surface area contributed by atoms with E-state index in [1.165, 1.54) is 23.1 Å². The normalized spacial score (nSPS) is 11.3. The number of anilines is 1. The summed E-state index contributed by atoms with van der Waals surface area (Å²) in [6.45, 7) is 0.851. The third kappa shape index (κ3) is 5.82. The van der Waals surface area contributed by atoms with Crippen molar-refractivity contribution < 1.29 is 22.4 Å². The minimum atomic E-state index is -4.52. The van der Waals surface area contributed by atoms with E-state index in [4.69, 9.17) is 0 Å². The molecule has 1 aromatic heterocycles. The van der Waals surface area contributed by atoms with Gasteiger partial charge in [-0.2, -0.15) is 13.2 Å². The van der Waals surface area contributed by atoms with Crippen LogP contribution in [0.1, 0.15) is 17.5 Å². The van der Waals surface area contributed by atoms with E-state index in [1.807, 2.05) is 4.57 Å². The van der Waals surface area contributed by atoms with Crippen LogP contribution < -0.4 is 5.32 Å². The number of imidazole rings is 1. The smallest absolute Gasteiger partial charge is 0.337 e. The predicted octanol–water partition coefficient (Wildman–Crippen LogP) is 5.17. The number of rotatable bonds is 7. The lowest BCUT2D eigenvalue weighted by Gasteiger charge is -2.24. The molecule has 0 aliphatic carbocycles. The summed E-state index contributed by atoms with van der Waals surface area (Å²) in [5.74, 6) is -0.455. The lowest BCUT2D eigenvalue weighted by molar-refractivity contribution is -0.137. The number of hydrogen-bond acceptors (Lipinski definition) is 2. The van der Waals surface area contributed by atoms with Crippen molar-refractivity contribution >= 4 is 11.7 Å². The molecule has 0 unspecified atom stereocenters. The van der Waals surface area contributed by atoms with Crippen molar-refractivity contribution in [3.05, 3.63) is 84.2 Å². The fourth-order valence-corrected chi connectivity index (χ4v) is 2.92. The molecule has 0 aliphatic heterocycles.